The Morgan fingerprint density at radius 1 is 1.33 bits per heavy atom. The molecule has 7 heteroatoms. The van der Waals surface area contributed by atoms with Crippen LogP contribution in [0.15, 0.2) is 24.3 Å². The van der Waals surface area contributed by atoms with Crippen molar-refractivity contribution in [2.75, 3.05) is 26.4 Å². The summed E-state index contributed by atoms with van der Waals surface area (Å²) >= 11 is 0. The van der Waals surface area contributed by atoms with E-state index in [2.05, 4.69) is 10.3 Å². The van der Waals surface area contributed by atoms with E-state index < -0.39 is 0 Å². The summed E-state index contributed by atoms with van der Waals surface area (Å²) in [4.78, 5) is 30.8. The fraction of sp³-hybridized carbons (Fsp3) is 0.350. The lowest BCUT2D eigenvalue weighted by Crippen LogP contribution is -2.37. The first kappa shape index (κ1) is 18.7. The number of carbonyl (C=O) groups excluding carboxylic acids is 2. The van der Waals surface area contributed by atoms with Crippen molar-refractivity contribution >= 4 is 17.6 Å². The van der Waals surface area contributed by atoms with E-state index in [1.807, 2.05) is 25.1 Å². The Labute approximate surface area is 158 Å². The first-order valence-corrected chi connectivity index (χ1v) is 8.84. The van der Waals surface area contributed by atoms with Crippen LogP contribution in [0.5, 0.6) is 5.75 Å². The molecule has 0 unspecified atom stereocenters. The smallest absolute Gasteiger partial charge is 0.254 e. The van der Waals surface area contributed by atoms with E-state index in [1.54, 1.807) is 25.1 Å². The van der Waals surface area contributed by atoms with Gasteiger partial charge in [-0.1, -0.05) is 12.1 Å². The minimum Gasteiger partial charge on any atom is -0.496 e. The van der Waals surface area contributed by atoms with E-state index in [0.29, 0.717) is 31.5 Å². The Kier molecular flexibility index (Phi) is 5.30. The van der Waals surface area contributed by atoms with Crippen molar-refractivity contribution in [2.45, 2.75) is 26.3 Å². The van der Waals surface area contributed by atoms with Crippen LogP contribution in [0.3, 0.4) is 0 Å². The van der Waals surface area contributed by atoms with E-state index in [-0.39, 0.29) is 17.6 Å². The summed E-state index contributed by atoms with van der Waals surface area (Å²) in [7, 11) is 3.18. The number of methoxy groups -OCH3 is 1. The number of carbonyl (C=O) groups is 2. The second-order valence-electron chi connectivity index (χ2n) is 6.65. The fourth-order valence-corrected chi connectivity index (χ4v) is 3.35. The standard InChI is InChI=1S/C20H24N4O3/c1-12-8-13(4-5-17(12)27-3)9-18(25)24-7-6-16-14(11-24)10-15(19(21)23-16)20(26)22-2/h4-5,8,10H,6-7,9,11H2,1-3H3,(H2,21,23)(H,22,26). The van der Waals surface area contributed by atoms with Crippen molar-refractivity contribution in [3.8, 4) is 5.75 Å². The third kappa shape index (κ3) is 3.86. The average molecular weight is 368 g/mol. The predicted molar refractivity (Wildman–Crippen MR) is 103 cm³/mol. The summed E-state index contributed by atoms with van der Waals surface area (Å²) in [6, 6.07) is 7.51. The van der Waals surface area contributed by atoms with Gasteiger partial charge in [0, 0.05) is 32.3 Å². The van der Waals surface area contributed by atoms with Crippen LogP contribution in [0.25, 0.3) is 0 Å². The maximum Gasteiger partial charge on any atom is 0.254 e. The first-order valence-electron chi connectivity index (χ1n) is 8.84. The molecule has 1 aliphatic heterocycles. The summed E-state index contributed by atoms with van der Waals surface area (Å²) in [5.74, 6) is 0.800. The van der Waals surface area contributed by atoms with Crippen LogP contribution in [-0.2, 0) is 24.2 Å². The SMILES string of the molecule is CNC(=O)c1cc2c(nc1N)CCN(C(=O)Cc1ccc(OC)c(C)c1)C2. The molecule has 1 aromatic carbocycles. The van der Waals surface area contributed by atoms with E-state index in [9.17, 15) is 9.59 Å². The van der Waals surface area contributed by atoms with Gasteiger partial charge in [0.25, 0.3) is 5.91 Å². The van der Waals surface area contributed by atoms with Gasteiger partial charge in [0.2, 0.25) is 5.91 Å². The summed E-state index contributed by atoms with van der Waals surface area (Å²) in [5.41, 5.74) is 9.91. The molecule has 2 amide bonds. The Balaban J connectivity index is 1.76. The van der Waals surface area contributed by atoms with Crippen LogP contribution in [-0.4, -0.2) is 42.4 Å². The van der Waals surface area contributed by atoms with Gasteiger partial charge in [-0.3, -0.25) is 9.59 Å². The van der Waals surface area contributed by atoms with Gasteiger partial charge in [-0.15, -0.1) is 0 Å². The number of fused-ring (bicyclic) bond motifs is 1. The van der Waals surface area contributed by atoms with Gasteiger partial charge >= 0.3 is 0 Å². The number of ether oxygens (including phenoxy) is 1. The highest BCUT2D eigenvalue weighted by Gasteiger charge is 2.24. The van der Waals surface area contributed by atoms with Gasteiger partial charge < -0.3 is 20.7 Å². The van der Waals surface area contributed by atoms with Gasteiger partial charge in [-0.25, -0.2) is 4.98 Å². The lowest BCUT2D eigenvalue weighted by molar-refractivity contribution is -0.131. The third-order valence-electron chi connectivity index (χ3n) is 4.84. The van der Waals surface area contributed by atoms with Gasteiger partial charge in [0.05, 0.1) is 19.1 Å². The van der Waals surface area contributed by atoms with E-state index in [4.69, 9.17) is 10.5 Å². The molecule has 0 saturated carbocycles. The molecule has 27 heavy (non-hydrogen) atoms. The molecule has 0 fully saturated rings. The number of nitrogens with zero attached hydrogens (tertiary/aromatic N) is 2. The highest BCUT2D eigenvalue weighted by Crippen LogP contribution is 2.23. The molecule has 1 aliphatic rings. The van der Waals surface area contributed by atoms with E-state index in [1.165, 1.54) is 0 Å². The largest absolute Gasteiger partial charge is 0.496 e. The molecule has 3 N–H and O–H groups in total. The lowest BCUT2D eigenvalue weighted by atomic mass is 10.0. The topological polar surface area (TPSA) is 97.5 Å². The summed E-state index contributed by atoms with van der Waals surface area (Å²) in [5, 5.41) is 2.56. The Bertz CT molecular complexity index is 895. The Morgan fingerprint density at radius 3 is 2.78 bits per heavy atom. The van der Waals surface area contributed by atoms with Gasteiger partial charge in [-0.05, 0) is 35.7 Å². The van der Waals surface area contributed by atoms with Crippen molar-refractivity contribution in [3.63, 3.8) is 0 Å². The van der Waals surface area contributed by atoms with Crippen LogP contribution >= 0.6 is 0 Å². The number of nitrogens with one attached hydrogen (secondary N) is 1. The molecular formula is C20H24N4O3. The number of pyridine rings is 1. The minimum atomic E-state index is -0.278. The molecule has 2 heterocycles. The zero-order valence-electron chi connectivity index (χ0n) is 15.8. The molecule has 3 rings (SSSR count). The van der Waals surface area contributed by atoms with E-state index in [0.717, 1.165) is 28.1 Å². The molecule has 0 radical (unpaired) electrons. The van der Waals surface area contributed by atoms with Gasteiger partial charge in [0.1, 0.15) is 11.6 Å². The second-order valence-corrected chi connectivity index (χ2v) is 6.65. The van der Waals surface area contributed by atoms with Crippen LogP contribution in [0.2, 0.25) is 0 Å². The van der Waals surface area contributed by atoms with Crippen LogP contribution < -0.4 is 15.8 Å². The molecule has 142 valence electrons. The van der Waals surface area contributed by atoms with Gasteiger partial charge in [-0.2, -0.15) is 0 Å². The molecular weight excluding hydrogens is 344 g/mol. The number of anilines is 1. The summed E-state index contributed by atoms with van der Waals surface area (Å²) in [6.07, 6.45) is 0.950. The van der Waals surface area contributed by atoms with Crippen LogP contribution in [0.1, 0.15) is 32.7 Å². The predicted octanol–water partition coefficient (Wildman–Crippen LogP) is 1.47. The Hall–Kier alpha value is -3.09. The van der Waals surface area contributed by atoms with Crippen molar-refractivity contribution in [2.24, 2.45) is 0 Å². The van der Waals surface area contributed by atoms with Crippen LogP contribution in [0.4, 0.5) is 5.82 Å². The van der Waals surface area contributed by atoms with Crippen molar-refractivity contribution in [3.05, 3.63) is 52.2 Å². The normalized spacial score (nSPS) is 13.1. The molecule has 0 atom stereocenters. The zero-order chi connectivity index (χ0) is 19.6. The highest BCUT2D eigenvalue weighted by molar-refractivity contribution is 5.98. The number of hydrogen-bond acceptors (Lipinski definition) is 5. The number of nitrogen functional groups attached to an aromatic ring is 1. The lowest BCUT2D eigenvalue weighted by Gasteiger charge is -2.29. The maximum absolute atomic E-state index is 12.8. The minimum absolute atomic E-state index is 0.0449. The fourth-order valence-electron chi connectivity index (χ4n) is 3.35. The van der Waals surface area contributed by atoms with Crippen LogP contribution in [0, 0.1) is 6.92 Å². The summed E-state index contributed by atoms with van der Waals surface area (Å²) in [6.45, 7) is 2.98. The number of amides is 2. The molecule has 0 spiro atoms. The summed E-state index contributed by atoms with van der Waals surface area (Å²) < 4.78 is 5.26. The van der Waals surface area contributed by atoms with Crippen molar-refractivity contribution in [1.29, 1.82) is 0 Å². The van der Waals surface area contributed by atoms with Crippen molar-refractivity contribution < 1.29 is 14.3 Å². The maximum atomic E-state index is 12.8. The monoisotopic (exact) mass is 368 g/mol. The van der Waals surface area contributed by atoms with Crippen molar-refractivity contribution in [1.82, 2.24) is 15.2 Å². The molecule has 0 bridgehead atoms. The van der Waals surface area contributed by atoms with E-state index >= 15 is 0 Å². The molecule has 2 aromatic rings. The number of benzene rings is 1. The number of aryl methyl sites for hydroxylation is 1. The Morgan fingerprint density at radius 2 is 2.11 bits per heavy atom. The highest BCUT2D eigenvalue weighted by atomic mass is 16.5. The number of hydrogen-bond donors (Lipinski definition) is 2. The quantitative estimate of drug-likeness (QED) is 0.852. The second kappa shape index (κ2) is 7.65. The molecule has 7 nitrogen and oxygen atoms in total. The average Bonchev–Trinajstić information content (AvgIpc) is 2.66. The zero-order valence-corrected chi connectivity index (χ0v) is 15.8. The molecule has 1 aromatic heterocycles. The number of rotatable bonds is 4. The number of nitrogens with two attached hydrogens (primary N) is 1. The molecule has 0 saturated heterocycles. The molecule has 0 aliphatic carbocycles. The number of aromatic nitrogens is 1. The first-order chi connectivity index (χ1) is 12.9. The van der Waals surface area contributed by atoms with Gasteiger partial charge in [0.15, 0.2) is 0 Å². The third-order valence-corrected chi connectivity index (χ3v) is 4.84.